The van der Waals surface area contributed by atoms with Crippen LogP contribution in [0.5, 0.6) is 0 Å². The summed E-state index contributed by atoms with van der Waals surface area (Å²) in [4.78, 5) is 0.252. The van der Waals surface area contributed by atoms with Gasteiger partial charge >= 0.3 is 0 Å². The molecule has 0 N–H and O–H groups in total. The second-order valence-corrected chi connectivity index (χ2v) is 11.9. The number of anilines is 3. The van der Waals surface area contributed by atoms with Gasteiger partial charge in [0.05, 0.1) is 52.3 Å². The zero-order valence-corrected chi connectivity index (χ0v) is 28.0. The number of fused-ring (bicyclic) bond motifs is 4. The normalized spacial score (nSPS) is 23.1. The lowest BCUT2D eigenvalue weighted by atomic mass is 9.81. The summed E-state index contributed by atoms with van der Waals surface area (Å²) in [6.07, 6.45) is 0. The molecule has 9 aromatic carbocycles. The van der Waals surface area contributed by atoms with Gasteiger partial charge in [-0.3, -0.25) is 0 Å². The fourth-order valence-electron chi connectivity index (χ4n) is 6.19. The molecule has 0 radical (unpaired) electrons. The van der Waals surface area contributed by atoms with Gasteiger partial charge in [0.15, 0.2) is 0 Å². The van der Waals surface area contributed by atoms with Gasteiger partial charge in [-0.1, -0.05) is 189 Å². The molecule has 1 nitrogen and oxygen atoms in total. The van der Waals surface area contributed by atoms with E-state index in [0.29, 0.717) is 6.07 Å². The molecule has 0 aliphatic heterocycles. The van der Waals surface area contributed by atoms with Crippen LogP contribution < -0.4 is 4.90 Å². The van der Waals surface area contributed by atoms with Gasteiger partial charge in [-0.05, 0) is 108 Å². The molecule has 0 amide bonds. The molecule has 0 unspecified atom stereocenters. The zero-order chi connectivity index (χ0) is 72.2. The van der Waals surface area contributed by atoms with Gasteiger partial charge < -0.3 is 4.90 Å². The van der Waals surface area contributed by atoms with Crippen molar-refractivity contribution in [2.75, 3.05) is 4.90 Å². The van der Waals surface area contributed by atoms with E-state index in [9.17, 15) is 26.0 Å². The van der Waals surface area contributed by atoms with E-state index in [1.807, 2.05) is 0 Å². The Morgan fingerprint density at radius 1 is 0.411 bits per heavy atom. The third-order valence-electron chi connectivity index (χ3n) is 8.66. The minimum atomic E-state index is -3.99. The molecule has 10 rings (SSSR count). The second kappa shape index (κ2) is 13.7. The molecule has 9 aromatic rings. The van der Waals surface area contributed by atoms with Crippen molar-refractivity contribution >= 4 is 27.8 Å². The fraction of sp³-hybridized carbons (Fsp3) is 0.0545. The molecule has 1 aliphatic carbocycles. The summed E-state index contributed by atoms with van der Waals surface area (Å²) in [5, 5.41) is -1.92. The second-order valence-electron chi connectivity index (χ2n) is 11.9. The first-order valence-corrected chi connectivity index (χ1v) is 16.2. The maximum Gasteiger partial charge on any atom is 0.0645 e. The summed E-state index contributed by atoms with van der Waals surface area (Å²) in [7, 11) is 0. The third-order valence-corrected chi connectivity index (χ3v) is 8.66. The average Bonchev–Trinajstić information content (AvgIpc) is 1.47. The highest BCUT2D eigenvalue weighted by Gasteiger charge is 2.35. The molecule has 1 heteroatoms. The molecule has 0 aromatic heterocycles. The Morgan fingerprint density at radius 3 is 1.82 bits per heavy atom. The van der Waals surface area contributed by atoms with Gasteiger partial charge in [-0.15, -0.1) is 0 Å². The van der Waals surface area contributed by atoms with Crippen molar-refractivity contribution < 1.29 is 54.8 Å². The number of para-hydroxylation sites is 2. The molecule has 56 heavy (non-hydrogen) atoms. The number of hydrogen-bond acceptors (Lipinski definition) is 1. The number of nitrogens with zero attached hydrogens (tertiary/aromatic N) is 1. The van der Waals surface area contributed by atoms with Crippen LogP contribution in [-0.4, -0.2) is 0 Å². The van der Waals surface area contributed by atoms with Crippen LogP contribution in [0.1, 0.15) is 79.7 Å². The maximum absolute atomic E-state index is 9.89. The summed E-state index contributed by atoms with van der Waals surface area (Å²) in [6, 6.07) is -41.2. The van der Waals surface area contributed by atoms with E-state index in [2.05, 4.69) is 0 Å². The van der Waals surface area contributed by atoms with Crippen molar-refractivity contribution in [1.29, 1.82) is 0 Å². The van der Waals surface area contributed by atoms with Crippen molar-refractivity contribution in [2.45, 2.75) is 19.1 Å². The minimum Gasteiger partial charge on any atom is -0.310 e. The molecule has 1 aliphatic rings. The lowest BCUT2D eigenvalue weighted by molar-refractivity contribution is 0.660. The van der Waals surface area contributed by atoms with Gasteiger partial charge in [-0.25, -0.2) is 0 Å². The van der Waals surface area contributed by atoms with Gasteiger partial charge in [0.25, 0.3) is 0 Å². The van der Waals surface area contributed by atoms with E-state index in [-0.39, 0.29) is 4.90 Å². The SMILES string of the molecule is [2H]c1c(-c2c([2H])c([2H])c3c(c2[2H])C(C([2H])([2H])[2H])(C([2H])([2H])[2H])c2c([2H])c([2H])c([2H])c([2H])c2-3)cc(N(c2c([2H])c([2H])c([2H])c([2H])c2[2H])c2c([2H])c([2H])c([2H])c([2H])c2-c2c([2H])c([2H])c3c([2H])c([2H])c([2H])c([2H])c3c2-c2c([2H])c([2H])c(-c3c([2H])c([2H])c([2H])c([2H])c3[2H])c([2H])c2[2H])c([2H])c1[2H]. The monoisotopic (exact) mass is 756 g/mol. The molecular weight excluding hydrogens is 675 g/mol. The quantitative estimate of drug-likeness (QED) is 0.157. The Balaban J connectivity index is 1.46. The van der Waals surface area contributed by atoms with Crippen LogP contribution >= 0.6 is 0 Å². The predicted molar refractivity (Wildman–Crippen MR) is 238 cm³/mol. The number of hydrogen-bond donors (Lipinski definition) is 0. The average molecular weight is 756 g/mol. The smallest absolute Gasteiger partial charge is 0.0645 e. The summed E-state index contributed by atoms with van der Waals surface area (Å²) >= 11 is 0. The Morgan fingerprint density at radius 2 is 1.00 bits per heavy atom. The van der Waals surface area contributed by atoms with Crippen LogP contribution in [0.15, 0.2) is 212 Å². The van der Waals surface area contributed by atoms with E-state index >= 15 is 0 Å². The maximum atomic E-state index is 9.89. The molecule has 0 heterocycles. The van der Waals surface area contributed by atoms with Crippen molar-refractivity contribution in [3.63, 3.8) is 0 Å². The molecule has 0 saturated heterocycles. The van der Waals surface area contributed by atoms with Crippen LogP contribution in [0.25, 0.3) is 66.4 Å². The van der Waals surface area contributed by atoms with Gasteiger partial charge in [-0.2, -0.15) is 0 Å². The number of benzene rings is 9. The molecular formula is C55H41N. The molecule has 0 spiro atoms. The highest BCUT2D eigenvalue weighted by molar-refractivity contribution is 6.06. The topological polar surface area (TPSA) is 3.24 Å². The standard InChI is InChI=1S/C55H41N/c1-55(2)51-26-13-11-24-47(51)48-34-33-43(37-52(48)55)42-19-15-22-45(36-42)56(44-20-7-4-8-21-44)53-27-14-12-25-49(53)50-35-32-40-18-9-10-23-46(40)54(50)41-30-28-39(29-31-41)38-16-5-3-6-17-38/h3-37H,1-2H3/i1D3,2D3,3D,4D,5D,6D,7D,8D,9D,10D,11D,12D,13D,14D,15D,16D,17D,18D,19D,20D,21D,22D,23D,24D,25D,26D,27D,28D,29D,30D,31D,32D,33D,34D,35D,37D. The molecule has 0 fully saturated rings. The van der Waals surface area contributed by atoms with Gasteiger partial charge in [0.2, 0.25) is 0 Å². The first-order chi connectivity index (χ1) is 44.2. The first kappa shape index (κ1) is 11.8. The van der Waals surface area contributed by atoms with E-state index in [1.54, 1.807) is 0 Å². The van der Waals surface area contributed by atoms with Crippen LogP contribution in [-0.2, 0) is 5.41 Å². The van der Waals surface area contributed by atoms with Crippen molar-refractivity contribution in [1.82, 2.24) is 0 Å². The number of rotatable bonds is 7. The molecule has 0 saturated carbocycles. The van der Waals surface area contributed by atoms with Crippen molar-refractivity contribution in [3.8, 4) is 55.6 Å². The lowest BCUT2D eigenvalue weighted by Crippen LogP contribution is -2.14. The predicted octanol–water partition coefficient (Wildman–Crippen LogP) is 15.3. The zero-order valence-electron chi connectivity index (χ0n) is 68.0. The van der Waals surface area contributed by atoms with Crippen LogP contribution in [0, 0.1) is 0 Å². The Kier molecular flexibility index (Phi) is 2.88. The van der Waals surface area contributed by atoms with Crippen LogP contribution in [0.3, 0.4) is 0 Å². The Hall–Kier alpha value is -6.96. The lowest BCUT2D eigenvalue weighted by Gasteiger charge is -2.29. The fourth-order valence-corrected chi connectivity index (χ4v) is 6.19. The summed E-state index contributed by atoms with van der Waals surface area (Å²) in [6.45, 7) is -7.98. The van der Waals surface area contributed by atoms with Crippen LogP contribution in [0.4, 0.5) is 17.1 Å². The highest BCUT2D eigenvalue weighted by Crippen LogP contribution is 2.50. The van der Waals surface area contributed by atoms with Crippen LogP contribution in [0.2, 0.25) is 0 Å². The van der Waals surface area contributed by atoms with Gasteiger partial charge in [0.1, 0.15) is 0 Å². The van der Waals surface area contributed by atoms with Crippen molar-refractivity contribution in [3.05, 3.63) is 223 Å². The third kappa shape index (κ3) is 5.72. The summed E-state index contributed by atoms with van der Waals surface area (Å²) < 4.78 is 364. The van der Waals surface area contributed by atoms with E-state index in [4.69, 9.17) is 28.8 Å². The highest BCUT2D eigenvalue weighted by atomic mass is 15.1. The minimum absolute atomic E-state index is 0.252. The summed E-state index contributed by atoms with van der Waals surface area (Å²) in [5.74, 6) is 0. The summed E-state index contributed by atoms with van der Waals surface area (Å²) in [5.41, 5.74) is -20.8. The van der Waals surface area contributed by atoms with E-state index in [0.717, 1.165) is 0 Å². The molecule has 266 valence electrons. The largest absolute Gasteiger partial charge is 0.310 e. The Bertz CT molecular complexity index is 4980. The Labute approximate surface area is 386 Å². The van der Waals surface area contributed by atoms with Crippen molar-refractivity contribution in [2.24, 2.45) is 0 Å². The molecule has 0 atom stereocenters. The molecule has 0 bridgehead atoms. The van der Waals surface area contributed by atoms with E-state index < -0.39 is 319 Å². The van der Waals surface area contributed by atoms with E-state index in [1.165, 1.54) is 0 Å². The van der Waals surface area contributed by atoms with Gasteiger partial charge in [0, 0.05) is 30.6 Å². The first-order valence-electron chi connectivity index (χ1n) is 36.2.